The van der Waals surface area contributed by atoms with E-state index < -0.39 is 0 Å². The summed E-state index contributed by atoms with van der Waals surface area (Å²) >= 11 is 0. The van der Waals surface area contributed by atoms with Gasteiger partial charge in [0, 0.05) is 23.1 Å². The molecule has 0 fully saturated rings. The molecular formula is C17H20N2O. The van der Waals surface area contributed by atoms with Crippen LogP contribution in [0.2, 0.25) is 0 Å². The minimum Gasteiger partial charge on any atom is -0.321 e. The van der Waals surface area contributed by atoms with Gasteiger partial charge in [-0.2, -0.15) is 0 Å². The molecule has 0 unspecified atom stereocenters. The van der Waals surface area contributed by atoms with E-state index in [0.29, 0.717) is 11.5 Å². The molecule has 0 radical (unpaired) electrons. The van der Waals surface area contributed by atoms with Crippen molar-refractivity contribution in [2.24, 2.45) is 0 Å². The first-order valence-corrected chi connectivity index (χ1v) is 6.82. The largest absolute Gasteiger partial charge is 0.321 e. The number of aromatic nitrogens is 1. The number of hydrogen-bond donors (Lipinski definition) is 1. The summed E-state index contributed by atoms with van der Waals surface area (Å²) in [6.45, 7) is 8.14. The summed E-state index contributed by atoms with van der Waals surface area (Å²) in [6, 6.07) is 9.62. The minimum absolute atomic E-state index is 0.0910. The van der Waals surface area contributed by atoms with E-state index in [1.807, 2.05) is 26.0 Å². The molecule has 1 aromatic carbocycles. The third-order valence-corrected chi connectivity index (χ3v) is 3.32. The second-order valence-corrected chi connectivity index (χ2v) is 5.33. The van der Waals surface area contributed by atoms with E-state index in [0.717, 1.165) is 22.5 Å². The van der Waals surface area contributed by atoms with Crippen molar-refractivity contribution in [1.29, 1.82) is 0 Å². The van der Waals surface area contributed by atoms with Gasteiger partial charge in [-0.3, -0.25) is 9.78 Å². The predicted octanol–water partition coefficient (Wildman–Crippen LogP) is 4.07. The number of carbonyl (C=O) groups excluding carboxylic acids is 1. The van der Waals surface area contributed by atoms with E-state index in [4.69, 9.17) is 0 Å². The Morgan fingerprint density at radius 3 is 2.60 bits per heavy atom. The van der Waals surface area contributed by atoms with Gasteiger partial charge in [-0.15, -0.1) is 0 Å². The zero-order chi connectivity index (χ0) is 14.7. The van der Waals surface area contributed by atoms with Crippen molar-refractivity contribution in [3.8, 4) is 0 Å². The smallest absolute Gasteiger partial charge is 0.255 e. The molecule has 0 aliphatic heterocycles. The van der Waals surface area contributed by atoms with Gasteiger partial charge in [0.1, 0.15) is 0 Å². The Kier molecular flexibility index (Phi) is 4.18. The molecule has 3 nitrogen and oxygen atoms in total. The van der Waals surface area contributed by atoms with Gasteiger partial charge in [-0.1, -0.05) is 32.0 Å². The highest BCUT2D eigenvalue weighted by molar-refractivity contribution is 6.05. The molecule has 0 saturated heterocycles. The van der Waals surface area contributed by atoms with E-state index >= 15 is 0 Å². The Morgan fingerprint density at radius 2 is 1.95 bits per heavy atom. The lowest BCUT2D eigenvalue weighted by Crippen LogP contribution is -2.15. The van der Waals surface area contributed by atoms with Crippen LogP contribution in [0.5, 0.6) is 0 Å². The summed E-state index contributed by atoms with van der Waals surface area (Å²) < 4.78 is 0. The third kappa shape index (κ3) is 3.05. The summed E-state index contributed by atoms with van der Waals surface area (Å²) in [4.78, 5) is 16.5. The molecule has 1 heterocycles. The van der Waals surface area contributed by atoms with Crippen LogP contribution >= 0.6 is 0 Å². The van der Waals surface area contributed by atoms with Crippen LogP contribution in [0.1, 0.15) is 46.9 Å². The molecule has 1 aromatic heterocycles. The first-order valence-electron chi connectivity index (χ1n) is 6.82. The lowest BCUT2D eigenvalue weighted by atomic mass is 9.98. The molecule has 2 rings (SSSR count). The zero-order valence-electron chi connectivity index (χ0n) is 12.4. The van der Waals surface area contributed by atoms with Gasteiger partial charge in [0.05, 0.1) is 0 Å². The van der Waals surface area contributed by atoms with Crippen LogP contribution in [0.15, 0.2) is 36.5 Å². The lowest BCUT2D eigenvalue weighted by Gasteiger charge is -2.16. The fourth-order valence-electron chi connectivity index (χ4n) is 2.21. The fourth-order valence-corrected chi connectivity index (χ4v) is 2.21. The van der Waals surface area contributed by atoms with Gasteiger partial charge in [0.2, 0.25) is 0 Å². The van der Waals surface area contributed by atoms with E-state index in [2.05, 4.69) is 30.2 Å². The van der Waals surface area contributed by atoms with E-state index in [1.165, 1.54) is 0 Å². The molecular weight excluding hydrogens is 248 g/mol. The Bertz CT molecular complexity index is 633. The number of rotatable bonds is 3. The number of nitrogens with one attached hydrogen (secondary N) is 1. The summed E-state index contributed by atoms with van der Waals surface area (Å²) in [6.07, 6.45) is 1.66. The molecule has 0 spiro atoms. The summed E-state index contributed by atoms with van der Waals surface area (Å²) in [5.74, 6) is 0.274. The highest BCUT2D eigenvalue weighted by atomic mass is 16.1. The number of para-hydroxylation sites is 1. The standard InChI is InChI=1S/C17H20N2O/c1-11(2)15-7-5-6-12(3)16(15)19-17(20)14-8-9-18-13(4)10-14/h5-11H,1-4H3,(H,19,20). The zero-order valence-corrected chi connectivity index (χ0v) is 12.4. The van der Waals surface area contributed by atoms with E-state index in [1.54, 1.807) is 18.3 Å². The van der Waals surface area contributed by atoms with Crippen molar-refractivity contribution >= 4 is 11.6 Å². The monoisotopic (exact) mass is 268 g/mol. The van der Waals surface area contributed by atoms with Crippen molar-refractivity contribution in [2.45, 2.75) is 33.6 Å². The minimum atomic E-state index is -0.0910. The Morgan fingerprint density at radius 1 is 1.20 bits per heavy atom. The molecule has 1 amide bonds. The van der Waals surface area contributed by atoms with Gasteiger partial charge in [-0.25, -0.2) is 0 Å². The van der Waals surface area contributed by atoms with Crippen molar-refractivity contribution in [3.05, 3.63) is 58.9 Å². The van der Waals surface area contributed by atoms with E-state index in [9.17, 15) is 4.79 Å². The van der Waals surface area contributed by atoms with Crippen molar-refractivity contribution in [2.75, 3.05) is 5.32 Å². The second-order valence-electron chi connectivity index (χ2n) is 5.33. The maximum atomic E-state index is 12.4. The van der Waals surface area contributed by atoms with Gasteiger partial charge in [0.25, 0.3) is 5.91 Å². The summed E-state index contributed by atoms with van der Waals surface area (Å²) in [5.41, 5.74) is 4.63. The molecule has 0 bridgehead atoms. The average molecular weight is 268 g/mol. The third-order valence-electron chi connectivity index (χ3n) is 3.32. The van der Waals surface area contributed by atoms with Crippen molar-refractivity contribution in [1.82, 2.24) is 4.98 Å². The Hall–Kier alpha value is -2.16. The maximum absolute atomic E-state index is 12.4. The molecule has 0 saturated carbocycles. The van der Waals surface area contributed by atoms with Crippen LogP contribution in [-0.4, -0.2) is 10.9 Å². The van der Waals surface area contributed by atoms with Crippen LogP contribution in [0.4, 0.5) is 5.69 Å². The molecule has 3 heteroatoms. The van der Waals surface area contributed by atoms with E-state index in [-0.39, 0.29) is 5.91 Å². The average Bonchev–Trinajstić information content (AvgIpc) is 2.40. The summed E-state index contributed by atoms with van der Waals surface area (Å²) in [5, 5.41) is 3.04. The number of aryl methyl sites for hydroxylation is 2. The van der Waals surface area contributed by atoms with Gasteiger partial charge in [0.15, 0.2) is 0 Å². The normalized spacial score (nSPS) is 10.7. The van der Waals surface area contributed by atoms with Crippen LogP contribution in [0, 0.1) is 13.8 Å². The number of anilines is 1. The number of amides is 1. The molecule has 0 atom stereocenters. The fraction of sp³-hybridized carbons (Fsp3) is 0.294. The lowest BCUT2D eigenvalue weighted by molar-refractivity contribution is 0.102. The van der Waals surface area contributed by atoms with Crippen molar-refractivity contribution in [3.63, 3.8) is 0 Å². The van der Waals surface area contributed by atoms with Gasteiger partial charge < -0.3 is 5.32 Å². The SMILES string of the molecule is Cc1cc(C(=O)Nc2c(C)cccc2C(C)C)ccn1. The van der Waals surface area contributed by atoms with Crippen LogP contribution in [0.25, 0.3) is 0 Å². The van der Waals surface area contributed by atoms with Crippen molar-refractivity contribution < 1.29 is 4.79 Å². The first-order chi connectivity index (χ1) is 9.49. The number of pyridine rings is 1. The quantitative estimate of drug-likeness (QED) is 0.911. The van der Waals surface area contributed by atoms with Gasteiger partial charge >= 0.3 is 0 Å². The van der Waals surface area contributed by atoms with Crippen LogP contribution < -0.4 is 5.32 Å². The number of nitrogens with zero attached hydrogens (tertiary/aromatic N) is 1. The highest BCUT2D eigenvalue weighted by Crippen LogP contribution is 2.27. The predicted molar refractivity (Wildman–Crippen MR) is 82.2 cm³/mol. The highest BCUT2D eigenvalue weighted by Gasteiger charge is 2.13. The Labute approximate surface area is 120 Å². The molecule has 1 N–H and O–H groups in total. The summed E-state index contributed by atoms with van der Waals surface area (Å²) in [7, 11) is 0. The molecule has 2 aromatic rings. The number of benzene rings is 1. The second kappa shape index (κ2) is 5.87. The van der Waals surface area contributed by atoms with Crippen LogP contribution in [-0.2, 0) is 0 Å². The Balaban J connectivity index is 2.33. The maximum Gasteiger partial charge on any atom is 0.255 e. The molecule has 0 aliphatic rings. The molecule has 104 valence electrons. The first kappa shape index (κ1) is 14.3. The molecule has 20 heavy (non-hydrogen) atoms. The van der Waals surface area contributed by atoms with Gasteiger partial charge in [-0.05, 0) is 43.0 Å². The van der Waals surface area contributed by atoms with Crippen LogP contribution in [0.3, 0.4) is 0 Å². The number of hydrogen-bond acceptors (Lipinski definition) is 2. The number of carbonyl (C=O) groups is 1. The topological polar surface area (TPSA) is 42.0 Å². The molecule has 0 aliphatic carbocycles.